The second kappa shape index (κ2) is 8.80. The Balaban J connectivity index is 1.35. The minimum atomic E-state index is -0.288. The van der Waals surface area contributed by atoms with Crippen LogP contribution in [0.5, 0.6) is 0 Å². The van der Waals surface area contributed by atoms with Crippen LogP contribution in [0.15, 0.2) is 78.6 Å². The molecule has 0 aliphatic carbocycles. The van der Waals surface area contributed by atoms with Crippen molar-refractivity contribution in [3.05, 3.63) is 89.7 Å². The summed E-state index contributed by atoms with van der Waals surface area (Å²) >= 11 is 1.44. The lowest BCUT2D eigenvalue weighted by Gasteiger charge is -2.09. The van der Waals surface area contributed by atoms with Gasteiger partial charge in [0.15, 0.2) is 0 Å². The van der Waals surface area contributed by atoms with Crippen LogP contribution in [0.25, 0.3) is 21.2 Å². The lowest BCUT2D eigenvalue weighted by Crippen LogP contribution is -2.13. The predicted molar refractivity (Wildman–Crippen MR) is 135 cm³/mol. The van der Waals surface area contributed by atoms with Crippen LogP contribution >= 0.6 is 11.3 Å². The van der Waals surface area contributed by atoms with E-state index in [1.165, 1.54) is 11.3 Å². The fourth-order valence-corrected chi connectivity index (χ4v) is 4.72. The van der Waals surface area contributed by atoms with E-state index < -0.39 is 0 Å². The highest BCUT2D eigenvalue weighted by molar-refractivity contribution is 7.18. The zero-order valence-electron chi connectivity index (χ0n) is 18.1. The molecule has 0 saturated heterocycles. The average Bonchev–Trinajstić information content (AvgIpc) is 3.48. The molecule has 9 heteroatoms. The standard InChI is InChI=1S/C25H20N6O2S/c1-31-13-16(11-28-31)19-12-27-23(26)21-20(14-34-22(19)21)25(33)30-18-9-7-17(8-10-18)29-24(32)15-5-3-2-4-6-15/h2-14H,1H3,(H2,26,27)(H,29,32)(H,30,33). The molecule has 0 bridgehead atoms. The Morgan fingerprint density at radius 1 is 0.941 bits per heavy atom. The Morgan fingerprint density at radius 2 is 1.62 bits per heavy atom. The topological polar surface area (TPSA) is 115 Å². The molecule has 0 atom stereocenters. The molecule has 168 valence electrons. The van der Waals surface area contributed by atoms with Gasteiger partial charge in [0.05, 0.1) is 11.8 Å². The first-order valence-electron chi connectivity index (χ1n) is 10.4. The molecule has 0 radical (unpaired) electrons. The molecular weight excluding hydrogens is 448 g/mol. The predicted octanol–water partition coefficient (Wildman–Crippen LogP) is 4.78. The van der Waals surface area contributed by atoms with Crippen LogP contribution < -0.4 is 16.4 Å². The Bertz CT molecular complexity index is 1510. The number of benzene rings is 2. The quantitative estimate of drug-likeness (QED) is 0.343. The van der Waals surface area contributed by atoms with Crippen molar-refractivity contribution in [2.75, 3.05) is 16.4 Å². The zero-order valence-corrected chi connectivity index (χ0v) is 19.0. The van der Waals surface area contributed by atoms with Crippen LogP contribution in [-0.2, 0) is 7.05 Å². The van der Waals surface area contributed by atoms with Gasteiger partial charge in [-0.2, -0.15) is 5.10 Å². The lowest BCUT2D eigenvalue weighted by atomic mass is 10.1. The first-order chi connectivity index (χ1) is 16.5. The summed E-state index contributed by atoms with van der Waals surface area (Å²) in [6.07, 6.45) is 5.35. The minimum Gasteiger partial charge on any atom is -0.383 e. The number of thiophene rings is 1. The van der Waals surface area contributed by atoms with E-state index in [4.69, 9.17) is 5.73 Å². The van der Waals surface area contributed by atoms with E-state index >= 15 is 0 Å². The molecule has 3 heterocycles. The summed E-state index contributed by atoms with van der Waals surface area (Å²) in [5.74, 6) is -0.188. The van der Waals surface area contributed by atoms with E-state index in [1.54, 1.807) is 58.9 Å². The maximum absolute atomic E-state index is 13.1. The Morgan fingerprint density at radius 3 is 2.26 bits per heavy atom. The molecule has 4 N–H and O–H groups in total. The molecule has 0 spiro atoms. The van der Waals surface area contributed by atoms with Gasteiger partial charge >= 0.3 is 0 Å². The number of hydrogen-bond donors (Lipinski definition) is 3. The fraction of sp³-hybridized carbons (Fsp3) is 0.0400. The van der Waals surface area contributed by atoms with Gasteiger partial charge in [0, 0.05) is 63.0 Å². The van der Waals surface area contributed by atoms with Crippen LogP contribution in [0.2, 0.25) is 0 Å². The Labute approximate surface area is 199 Å². The average molecular weight is 469 g/mol. The Kier molecular flexibility index (Phi) is 5.52. The van der Waals surface area contributed by atoms with E-state index in [0.29, 0.717) is 33.7 Å². The van der Waals surface area contributed by atoms with Crippen molar-refractivity contribution in [2.45, 2.75) is 0 Å². The summed E-state index contributed by atoms with van der Waals surface area (Å²) in [6, 6.07) is 15.9. The summed E-state index contributed by atoms with van der Waals surface area (Å²) in [4.78, 5) is 29.7. The molecule has 2 amide bonds. The van der Waals surface area contributed by atoms with Gasteiger partial charge in [-0.05, 0) is 36.4 Å². The Hall–Kier alpha value is -4.50. The number of rotatable bonds is 5. The van der Waals surface area contributed by atoms with Gasteiger partial charge in [-0.1, -0.05) is 18.2 Å². The molecule has 0 aliphatic rings. The molecular formula is C25H20N6O2S. The van der Waals surface area contributed by atoms with Gasteiger partial charge < -0.3 is 16.4 Å². The molecule has 5 rings (SSSR count). The van der Waals surface area contributed by atoms with E-state index in [9.17, 15) is 9.59 Å². The van der Waals surface area contributed by atoms with Crippen LogP contribution in [0, 0.1) is 0 Å². The number of aryl methyl sites for hydroxylation is 1. The van der Waals surface area contributed by atoms with Crippen LogP contribution in [-0.4, -0.2) is 26.6 Å². The number of nitrogens with one attached hydrogen (secondary N) is 2. The third-order valence-corrected chi connectivity index (χ3v) is 6.33. The highest BCUT2D eigenvalue weighted by Crippen LogP contribution is 2.37. The summed E-state index contributed by atoms with van der Waals surface area (Å²) in [6.45, 7) is 0. The highest BCUT2D eigenvalue weighted by Gasteiger charge is 2.19. The molecule has 2 aromatic carbocycles. The first kappa shape index (κ1) is 21.4. The third kappa shape index (κ3) is 4.12. The normalized spacial score (nSPS) is 10.9. The van der Waals surface area contributed by atoms with Crippen LogP contribution in [0.3, 0.4) is 0 Å². The van der Waals surface area contributed by atoms with E-state index in [-0.39, 0.29) is 11.8 Å². The number of nitrogens with zero attached hydrogens (tertiary/aromatic N) is 3. The molecule has 0 saturated carbocycles. The largest absolute Gasteiger partial charge is 0.383 e. The van der Waals surface area contributed by atoms with E-state index in [0.717, 1.165) is 15.8 Å². The van der Waals surface area contributed by atoms with Crippen LogP contribution in [0.4, 0.5) is 17.2 Å². The summed E-state index contributed by atoms with van der Waals surface area (Å²) < 4.78 is 2.59. The molecule has 5 aromatic rings. The van der Waals surface area contributed by atoms with Gasteiger partial charge in [0.1, 0.15) is 5.82 Å². The molecule has 3 aromatic heterocycles. The number of carbonyl (C=O) groups excluding carboxylic acids is 2. The van der Waals surface area contributed by atoms with Crippen LogP contribution in [0.1, 0.15) is 20.7 Å². The van der Waals surface area contributed by atoms with Crippen molar-refractivity contribution in [1.29, 1.82) is 0 Å². The molecule has 0 aliphatic heterocycles. The first-order valence-corrected chi connectivity index (χ1v) is 11.3. The number of anilines is 3. The third-order valence-electron chi connectivity index (χ3n) is 5.32. The van der Waals surface area contributed by atoms with Crippen molar-refractivity contribution in [1.82, 2.24) is 14.8 Å². The second-order valence-corrected chi connectivity index (χ2v) is 8.54. The number of fused-ring (bicyclic) bond motifs is 1. The SMILES string of the molecule is Cn1cc(-c2cnc(N)c3c(C(=O)Nc4ccc(NC(=O)c5ccccc5)cc4)csc23)cn1. The molecule has 0 fully saturated rings. The maximum atomic E-state index is 13.1. The number of nitrogen functional groups attached to an aromatic ring is 1. The summed E-state index contributed by atoms with van der Waals surface area (Å²) in [7, 11) is 1.84. The smallest absolute Gasteiger partial charge is 0.257 e. The molecule has 34 heavy (non-hydrogen) atoms. The van der Waals surface area contributed by atoms with Crippen molar-refractivity contribution in [2.24, 2.45) is 7.05 Å². The fourth-order valence-electron chi connectivity index (χ4n) is 3.63. The van der Waals surface area contributed by atoms with E-state index in [2.05, 4.69) is 20.7 Å². The number of nitrogens with two attached hydrogens (primary N) is 1. The maximum Gasteiger partial charge on any atom is 0.257 e. The van der Waals surface area contributed by atoms with Crippen molar-refractivity contribution in [3.63, 3.8) is 0 Å². The van der Waals surface area contributed by atoms with Gasteiger partial charge in [0.2, 0.25) is 0 Å². The highest BCUT2D eigenvalue weighted by atomic mass is 32.1. The molecule has 0 unspecified atom stereocenters. The lowest BCUT2D eigenvalue weighted by molar-refractivity contribution is 0.101. The minimum absolute atomic E-state index is 0.200. The molecule has 8 nitrogen and oxygen atoms in total. The number of carbonyl (C=O) groups is 2. The number of pyridine rings is 1. The van der Waals surface area contributed by atoms with Gasteiger partial charge in [-0.15, -0.1) is 11.3 Å². The van der Waals surface area contributed by atoms with Crippen molar-refractivity contribution < 1.29 is 9.59 Å². The van der Waals surface area contributed by atoms with Gasteiger partial charge in [-0.25, -0.2) is 4.98 Å². The number of amides is 2. The zero-order chi connectivity index (χ0) is 23.7. The van der Waals surface area contributed by atoms with E-state index in [1.807, 2.05) is 31.4 Å². The number of aromatic nitrogens is 3. The summed E-state index contributed by atoms with van der Waals surface area (Å²) in [5.41, 5.74) is 10.2. The van der Waals surface area contributed by atoms with Crippen molar-refractivity contribution in [3.8, 4) is 11.1 Å². The van der Waals surface area contributed by atoms with Crippen molar-refractivity contribution >= 4 is 50.4 Å². The monoisotopic (exact) mass is 468 g/mol. The van der Waals surface area contributed by atoms with Gasteiger partial charge in [-0.3, -0.25) is 14.3 Å². The number of hydrogen-bond acceptors (Lipinski definition) is 6. The van der Waals surface area contributed by atoms with Gasteiger partial charge in [0.25, 0.3) is 11.8 Å². The second-order valence-electron chi connectivity index (χ2n) is 7.66. The summed E-state index contributed by atoms with van der Waals surface area (Å²) in [5, 5.41) is 12.4.